The molecule has 0 radical (unpaired) electrons. The first-order valence-corrected chi connectivity index (χ1v) is 5.69. The first-order valence-electron chi connectivity index (χ1n) is 5.69. The number of esters is 1. The van der Waals surface area contributed by atoms with Crippen LogP contribution >= 0.6 is 0 Å². The first-order chi connectivity index (χ1) is 7.88. The van der Waals surface area contributed by atoms with E-state index in [9.17, 15) is 4.79 Å². The van der Waals surface area contributed by atoms with Gasteiger partial charge < -0.3 is 4.74 Å². The van der Waals surface area contributed by atoms with Crippen LogP contribution in [0.3, 0.4) is 0 Å². The van der Waals surface area contributed by atoms with Gasteiger partial charge >= 0.3 is 5.97 Å². The van der Waals surface area contributed by atoms with E-state index in [-0.39, 0.29) is 5.97 Å². The second-order valence-corrected chi connectivity index (χ2v) is 4.90. The molecule has 1 rings (SSSR count). The fraction of sp³-hybridized carbons (Fsp3) is 0.429. The van der Waals surface area contributed by atoms with E-state index in [2.05, 4.69) is 4.99 Å². The number of aliphatic imine (C=N–C) groups is 1. The summed E-state index contributed by atoms with van der Waals surface area (Å²) in [5.74, 6) is -0.301. The minimum Gasteiger partial charge on any atom is -0.458 e. The van der Waals surface area contributed by atoms with Crippen LogP contribution in [0.4, 0.5) is 0 Å². The summed E-state index contributed by atoms with van der Waals surface area (Å²) in [6.45, 7) is 7.27. The zero-order chi connectivity index (χ0) is 12.9. The van der Waals surface area contributed by atoms with Gasteiger partial charge in [0, 0.05) is 6.21 Å². The molecule has 0 unspecified atom stereocenters. The number of rotatable bonds is 3. The van der Waals surface area contributed by atoms with E-state index in [1.165, 1.54) is 0 Å². The summed E-state index contributed by atoms with van der Waals surface area (Å²) < 4.78 is 5.24. The van der Waals surface area contributed by atoms with Gasteiger partial charge in [0.1, 0.15) is 11.6 Å². The van der Waals surface area contributed by atoms with Crippen LogP contribution in [0.2, 0.25) is 0 Å². The number of carbonyl (C=O) groups is 1. The fourth-order valence-electron chi connectivity index (χ4n) is 1.18. The second kappa shape index (κ2) is 5.62. The van der Waals surface area contributed by atoms with Crippen molar-refractivity contribution in [2.24, 2.45) is 4.99 Å². The van der Waals surface area contributed by atoms with E-state index in [4.69, 9.17) is 4.74 Å². The van der Waals surface area contributed by atoms with E-state index in [0.717, 1.165) is 5.56 Å². The molecule has 0 aliphatic rings. The Kier molecular flexibility index (Phi) is 4.44. The van der Waals surface area contributed by atoms with Crippen molar-refractivity contribution < 1.29 is 9.53 Å². The van der Waals surface area contributed by atoms with Gasteiger partial charge in [0.05, 0.1) is 0 Å². The molecule has 17 heavy (non-hydrogen) atoms. The molecular weight excluding hydrogens is 214 g/mol. The molecule has 0 saturated carbocycles. The van der Waals surface area contributed by atoms with E-state index >= 15 is 0 Å². The molecule has 0 heterocycles. The van der Waals surface area contributed by atoms with Crippen LogP contribution in [-0.4, -0.2) is 23.8 Å². The van der Waals surface area contributed by atoms with Crippen LogP contribution in [0.25, 0.3) is 0 Å². The molecule has 0 fully saturated rings. The summed E-state index contributed by atoms with van der Waals surface area (Å²) >= 11 is 0. The van der Waals surface area contributed by atoms with Crippen molar-refractivity contribution in [3.63, 3.8) is 0 Å². The van der Waals surface area contributed by atoms with Gasteiger partial charge in [-0.1, -0.05) is 30.3 Å². The summed E-state index contributed by atoms with van der Waals surface area (Å²) in [7, 11) is 0. The summed E-state index contributed by atoms with van der Waals surface area (Å²) in [4.78, 5) is 15.8. The molecule has 1 atom stereocenters. The Morgan fingerprint density at radius 1 is 1.29 bits per heavy atom. The van der Waals surface area contributed by atoms with Gasteiger partial charge in [-0.2, -0.15) is 0 Å². The highest BCUT2D eigenvalue weighted by Gasteiger charge is 2.20. The van der Waals surface area contributed by atoms with Gasteiger partial charge in [0.2, 0.25) is 0 Å². The van der Waals surface area contributed by atoms with Gasteiger partial charge in [-0.3, -0.25) is 4.99 Å². The molecule has 0 N–H and O–H groups in total. The molecule has 0 bridgehead atoms. The minimum atomic E-state index is -0.477. The monoisotopic (exact) mass is 233 g/mol. The van der Waals surface area contributed by atoms with E-state index in [1.807, 2.05) is 51.1 Å². The third kappa shape index (κ3) is 5.29. The Morgan fingerprint density at radius 3 is 2.41 bits per heavy atom. The summed E-state index contributed by atoms with van der Waals surface area (Å²) in [5, 5.41) is 0. The van der Waals surface area contributed by atoms with Gasteiger partial charge in [0.15, 0.2) is 0 Å². The molecule has 0 spiro atoms. The SMILES string of the molecule is C[C@H](N=Cc1ccccc1)C(=O)OC(C)(C)C. The van der Waals surface area contributed by atoms with Crippen LogP contribution in [0, 0.1) is 0 Å². The molecule has 0 aliphatic carbocycles. The molecule has 0 saturated heterocycles. The summed E-state index contributed by atoms with van der Waals surface area (Å²) in [5.41, 5.74) is 0.510. The number of hydrogen-bond acceptors (Lipinski definition) is 3. The van der Waals surface area contributed by atoms with E-state index < -0.39 is 11.6 Å². The quantitative estimate of drug-likeness (QED) is 0.595. The van der Waals surface area contributed by atoms with Crippen molar-refractivity contribution in [2.45, 2.75) is 39.3 Å². The van der Waals surface area contributed by atoms with Crippen molar-refractivity contribution in [1.29, 1.82) is 0 Å². The second-order valence-electron chi connectivity index (χ2n) is 4.90. The number of hydrogen-bond donors (Lipinski definition) is 0. The number of benzene rings is 1. The van der Waals surface area contributed by atoms with Crippen molar-refractivity contribution in [2.75, 3.05) is 0 Å². The normalized spacial score (nSPS) is 13.6. The van der Waals surface area contributed by atoms with Crippen molar-refractivity contribution >= 4 is 12.2 Å². The molecule has 3 heteroatoms. The smallest absolute Gasteiger partial charge is 0.331 e. The minimum absolute atomic E-state index is 0.301. The maximum atomic E-state index is 11.6. The molecular formula is C14H19NO2. The van der Waals surface area contributed by atoms with Crippen molar-refractivity contribution in [3.05, 3.63) is 35.9 Å². The standard InChI is InChI=1S/C14H19NO2/c1-11(13(16)17-14(2,3)4)15-10-12-8-6-5-7-9-12/h5-11H,1-4H3/t11-/m0/s1. The molecule has 1 aromatic rings. The van der Waals surface area contributed by atoms with Crippen LogP contribution in [0.5, 0.6) is 0 Å². The lowest BCUT2D eigenvalue weighted by atomic mass is 10.2. The largest absolute Gasteiger partial charge is 0.458 e. The molecule has 0 amide bonds. The lowest BCUT2D eigenvalue weighted by Gasteiger charge is -2.20. The summed E-state index contributed by atoms with van der Waals surface area (Å²) in [6.07, 6.45) is 1.69. The maximum Gasteiger partial charge on any atom is 0.331 e. The van der Waals surface area contributed by atoms with E-state index in [0.29, 0.717) is 0 Å². The van der Waals surface area contributed by atoms with Crippen LogP contribution in [-0.2, 0) is 9.53 Å². The fourth-order valence-corrected chi connectivity index (χ4v) is 1.18. The van der Waals surface area contributed by atoms with E-state index in [1.54, 1.807) is 13.1 Å². The molecule has 3 nitrogen and oxygen atoms in total. The van der Waals surface area contributed by atoms with Crippen LogP contribution in [0.15, 0.2) is 35.3 Å². The van der Waals surface area contributed by atoms with Crippen LogP contribution in [0.1, 0.15) is 33.3 Å². The average Bonchev–Trinajstić information content (AvgIpc) is 2.25. The highest BCUT2D eigenvalue weighted by molar-refractivity contribution is 5.83. The Hall–Kier alpha value is -1.64. The predicted octanol–water partition coefficient (Wildman–Crippen LogP) is 2.84. The van der Waals surface area contributed by atoms with Crippen molar-refractivity contribution in [1.82, 2.24) is 0 Å². The van der Waals surface area contributed by atoms with Gasteiger partial charge in [-0.05, 0) is 33.3 Å². The Morgan fingerprint density at radius 2 is 1.88 bits per heavy atom. The van der Waals surface area contributed by atoms with Crippen molar-refractivity contribution in [3.8, 4) is 0 Å². The highest BCUT2D eigenvalue weighted by atomic mass is 16.6. The Balaban J connectivity index is 2.58. The van der Waals surface area contributed by atoms with Crippen LogP contribution < -0.4 is 0 Å². The molecule has 1 aromatic carbocycles. The zero-order valence-corrected chi connectivity index (χ0v) is 10.8. The van der Waals surface area contributed by atoms with Gasteiger partial charge in [-0.25, -0.2) is 4.79 Å². The topological polar surface area (TPSA) is 38.7 Å². The Labute approximate surface area is 103 Å². The third-order valence-electron chi connectivity index (χ3n) is 1.99. The highest BCUT2D eigenvalue weighted by Crippen LogP contribution is 2.09. The number of carbonyl (C=O) groups excluding carboxylic acids is 1. The summed E-state index contributed by atoms with van der Waals surface area (Å²) in [6, 6.07) is 9.19. The average molecular weight is 233 g/mol. The molecule has 0 aromatic heterocycles. The Bertz CT molecular complexity index is 390. The van der Waals surface area contributed by atoms with Gasteiger partial charge in [-0.15, -0.1) is 0 Å². The maximum absolute atomic E-state index is 11.6. The predicted molar refractivity (Wildman–Crippen MR) is 69.3 cm³/mol. The number of ether oxygens (including phenoxy) is 1. The number of nitrogens with zero attached hydrogens (tertiary/aromatic N) is 1. The molecule has 0 aliphatic heterocycles. The zero-order valence-electron chi connectivity index (χ0n) is 10.8. The lowest BCUT2D eigenvalue weighted by Crippen LogP contribution is -2.29. The van der Waals surface area contributed by atoms with Gasteiger partial charge in [0.25, 0.3) is 0 Å². The third-order valence-corrected chi connectivity index (χ3v) is 1.99. The lowest BCUT2D eigenvalue weighted by molar-refractivity contribution is -0.155. The molecule has 92 valence electrons. The first kappa shape index (κ1) is 13.4.